The highest BCUT2D eigenvalue weighted by Gasteiger charge is 1.87. The predicted octanol–water partition coefficient (Wildman–Crippen LogP) is 1.23. The maximum atomic E-state index is 10.0. The van der Waals surface area contributed by atoms with Gasteiger partial charge in [-0.05, 0) is 0 Å². The van der Waals surface area contributed by atoms with E-state index >= 15 is 0 Å². The molecule has 60 valence electrons. The van der Waals surface area contributed by atoms with E-state index in [-0.39, 0.29) is 10.9 Å². The summed E-state index contributed by atoms with van der Waals surface area (Å²) in [5, 5.41) is 15.4. The van der Waals surface area contributed by atoms with Crippen LogP contribution in [0.4, 0.5) is 0 Å². The lowest BCUT2D eigenvalue weighted by Gasteiger charge is -1.79. The molecule has 0 aromatic carbocycles. The molecule has 0 radical (unpaired) electrons. The molecule has 0 bridgehead atoms. The highest BCUT2D eigenvalue weighted by Crippen LogP contribution is 1.96. The van der Waals surface area contributed by atoms with Crippen LogP contribution in [0.15, 0.2) is 0 Å². The van der Waals surface area contributed by atoms with Crippen LogP contribution in [0, 0.1) is 22.7 Å². The average molecular weight is 188 g/mol. The minimum absolute atomic E-state index is 0.00144. The Labute approximate surface area is 75.8 Å². The smallest absolute Gasteiger partial charge is 0.186 e. The van der Waals surface area contributed by atoms with E-state index in [1.165, 1.54) is 6.92 Å². The summed E-state index contributed by atoms with van der Waals surface area (Å²) in [5.74, 6) is 0.593. The van der Waals surface area contributed by atoms with Crippen LogP contribution in [0.25, 0.3) is 0 Å². The van der Waals surface area contributed by atoms with E-state index < -0.39 is 0 Å². The van der Waals surface area contributed by atoms with Crippen molar-refractivity contribution < 1.29 is 4.79 Å². The van der Waals surface area contributed by atoms with E-state index in [9.17, 15) is 4.79 Å². The Morgan fingerprint density at radius 3 is 2.09 bits per heavy atom. The summed E-state index contributed by atoms with van der Waals surface area (Å²) in [6.07, 6.45) is 0. The van der Waals surface area contributed by atoms with Crippen LogP contribution >= 0.6 is 24.4 Å². The first-order chi connectivity index (χ1) is 5.18. The van der Waals surface area contributed by atoms with Crippen LogP contribution in [-0.2, 0) is 4.79 Å². The normalized spacial score (nSPS) is 6.55. The third-order valence-electron chi connectivity index (χ3n) is 0.411. The molecule has 0 aliphatic rings. The Kier molecular flexibility index (Phi) is 14.2. The fourth-order valence-electron chi connectivity index (χ4n) is 0.134. The zero-order valence-electron chi connectivity index (χ0n) is 6.07. The second-order valence-electron chi connectivity index (χ2n) is 1.25. The third-order valence-corrected chi connectivity index (χ3v) is 1.23. The number of hydrogen-bond acceptors (Lipinski definition) is 5. The van der Waals surface area contributed by atoms with Gasteiger partial charge in [0.1, 0.15) is 0 Å². The van der Waals surface area contributed by atoms with Crippen molar-refractivity contribution >= 4 is 29.5 Å². The maximum Gasteiger partial charge on any atom is 0.186 e. The van der Waals surface area contributed by atoms with E-state index in [1.807, 2.05) is 6.07 Å². The molecule has 11 heavy (non-hydrogen) atoms. The standard InChI is InChI=1S/C4H5NOS.C2H3NS/c1-4(6)7-3-2-5;3-1-2-4/h3H2,1H3;4H,2H2. The molecule has 3 nitrogen and oxygen atoms in total. The van der Waals surface area contributed by atoms with E-state index in [1.54, 1.807) is 6.07 Å². The zero-order chi connectivity index (χ0) is 9.11. The minimum Gasteiger partial charge on any atom is -0.288 e. The Hall–Kier alpha value is -0.650. The van der Waals surface area contributed by atoms with Gasteiger partial charge in [0.15, 0.2) is 5.12 Å². The molecule has 0 saturated carbocycles. The minimum atomic E-state index is 0.00144. The maximum absolute atomic E-state index is 10.0. The van der Waals surface area contributed by atoms with Crippen LogP contribution in [0.1, 0.15) is 6.92 Å². The van der Waals surface area contributed by atoms with Gasteiger partial charge >= 0.3 is 0 Å². The number of thiol groups is 1. The quantitative estimate of drug-likeness (QED) is 0.628. The van der Waals surface area contributed by atoms with Crippen LogP contribution < -0.4 is 0 Å². The first-order valence-electron chi connectivity index (χ1n) is 2.67. The largest absolute Gasteiger partial charge is 0.288 e. The molecule has 0 atom stereocenters. The lowest BCUT2D eigenvalue weighted by atomic mass is 10.9. The second kappa shape index (κ2) is 12.1. The number of carbonyl (C=O) groups is 1. The molecule has 0 aromatic rings. The summed E-state index contributed by atoms with van der Waals surface area (Å²) in [7, 11) is 0. The van der Waals surface area contributed by atoms with Gasteiger partial charge in [-0.25, -0.2) is 0 Å². The summed E-state index contributed by atoms with van der Waals surface area (Å²) in [5.41, 5.74) is 0. The highest BCUT2D eigenvalue weighted by molar-refractivity contribution is 8.13. The van der Waals surface area contributed by atoms with Gasteiger partial charge in [0, 0.05) is 6.92 Å². The molecule has 0 amide bonds. The lowest BCUT2D eigenvalue weighted by molar-refractivity contribution is -0.109. The van der Waals surface area contributed by atoms with Crippen molar-refractivity contribution in [3.63, 3.8) is 0 Å². The molecule has 0 saturated heterocycles. The van der Waals surface area contributed by atoms with Crippen molar-refractivity contribution in [2.75, 3.05) is 11.5 Å². The summed E-state index contributed by atoms with van der Waals surface area (Å²) in [6.45, 7) is 1.45. The van der Waals surface area contributed by atoms with Crippen molar-refractivity contribution in [1.29, 1.82) is 10.5 Å². The van der Waals surface area contributed by atoms with Crippen molar-refractivity contribution in [3.8, 4) is 12.1 Å². The van der Waals surface area contributed by atoms with Gasteiger partial charge in [0.05, 0.1) is 23.6 Å². The van der Waals surface area contributed by atoms with Gasteiger partial charge in [0.2, 0.25) is 0 Å². The van der Waals surface area contributed by atoms with Gasteiger partial charge < -0.3 is 0 Å². The van der Waals surface area contributed by atoms with Gasteiger partial charge in [0.25, 0.3) is 0 Å². The van der Waals surface area contributed by atoms with E-state index in [0.717, 1.165) is 11.8 Å². The summed E-state index contributed by atoms with van der Waals surface area (Å²) >= 11 is 4.59. The number of nitrogens with zero attached hydrogens (tertiary/aromatic N) is 2. The van der Waals surface area contributed by atoms with Crippen molar-refractivity contribution in [2.45, 2.75) is 6.92 Å². The SMILES string of the molecule is CC(=O)SCC#N.N#CCS. The molecule has 0 aliphatic heterocycles. The van der Waals surface area contributed by atoms with Crippen molar-refractivity contribution in [3.05, 3.63) is 0 Å². The van der Waals surface area contributed by atoms with E-state index in [0.29, 0.717) is 5.75 Å². The molecular weight excluding hydrogens is 180 g/mol. The fourth-order valence-corrected chi connectivity index (χ4v) is 0.402. The number of hydrogen-bond donors (Lipinski definition) is 1. The van der Waals surface area contributed by atoms with Crippen LogP contribution in [0.3, 0.4) is 0 Å². The number of nitriles is 2. The van der Waals surface area contributed by atoms with E-state index in [4.69, 9.17) is 10.5 Å². The molecule has 0 spiro atoms. The summed E-state index contributed by atoms with van der Waals surface area (Å²) in [4.78, 5) is 10.0. The fraction of sp³-hybridized carbons (Fsp3) is 0.500. The first kappa shape index (κ1) is 13.0. The average Bonchev–Trinajstić information content (AvgIpc) is 2.01. The summed E-state index contributed by atoms with van der Waals surface area (Å²) in [6, 6.07) is 3.64. The molecule has 0 unspecified atom stereocenters. The monoisotopic (exact) mass is 188 g/mol. The van der Waals surface area contributed by atoms with Gasteiger partial charge in [-0.2, -0.15) is 23.2 Å². The van der Waals surface area contributed by atoms with Crippen LogP contribution in [0.5, 0.6) is 0 Å². The molecule has 0 N–H and O–H groups in total. The first-order valence-corrected chi connectivity index (χ1v) is 4.29. The Morgan fingerprint density at radius 2 is 2.00 bits per heavy atom. The zero-order valence-corrected chi connectivity index (χ0v) is 7.78. The Bertz CT molecular complexity index is 180. The molecule has 0 aliphatic carbocycles. The van der Waals surface area contributed by atoms with Gasteiger partial charge in [-0.3, -0.25) is 4.79 Å². The van der Waals surface area contributed by atoms with Gasteiger partial charge in [-0.15, -0.1) is 0 Å². The van der Waals surface area contributed by atoms with Crippen LogP contribution in [0.2, 0.25) is 0 Å². The third kappa shape index (κ3) is 26.7. The van der Waals surface area contributed by atoms with Crippen molar-refractivity contribution in [2.24, 2.45) is 0 Å². The highest BCUT2D eigenvalue weighted by atomic mass is 32.2. The predicted molar refractivity (Wildman–Crippen MR) is 48.2 cm³/mol. The van der Waals surface area contributed by atoms with Gasteiger partial charge in [-0.1, -0.05) is 11.8 Å². The molecule has 0 aromatic heterocycles. The molecule has 0 rings (SSSR count). The molecule has 5 heteroatoms. The van der Waals surface area contributed by atoms with E-state index in [2.05, 4.69) is 12.6 Å². The molecule has 0 heterocycles. The number of rotatable bonds is 1. The van der Waals surface area contributed by atoms with Crippen molar-refractivity contribution in [1.82, 2.24) is 0 Å². The Balaban J connectivity index is 0. The molecule has 0 fully saturated rings. The molecular formula is C6H8N2OS2. The second-order valence-corrected chi connectivity index (χ2v) is 2.72. The Morgan fingerprint density at radius 1 is 1.55 bits per heavy atom. The topological polar surface area (TPSA) is 64.7 Å². The van der Waals surface area contributed by atoms with Crippen LogP contribution in [-0.4, -0.2) is 16.6 Å². The lowest BCUT2D eigenvalue weighted by Crippen LogP contribution is -1.80. The summed E-state index contributed by atoms with van der Waals surface area (Å²) < 4.78 is 0. The number of thioether (sulfide) groups is 1. The number of carbonyl (C=O) groups excluding carboxylic acids is 1.